The normalized spacial score (nSPS) is 9.85. The molecule has 0 aliphatic heterocycles. The zero-order valence-corrected chi connectivity index (χ0v) is 8.78. The summed E-state index contributed by atoms with van der Waals surface area (Å²) in [6.07, 6.45) is 3.66. The first kappa shape index (κ1) is 12.4. The van der Waals surface area contributed by atoms with Crippen molar-refractivity contribution in [1.82, 2.24) is 0 Å². The zero-order chi connectivity index (χ0) is 8.97. The van der Waals surface area contributed by atoms with Gasteiger partial charge in [0.1, 0.15) is 7.05 Å². The van der Waals surface area contributed by atoms with E-state index in [1.165, 1.54) is 0 Å². The van der Waals surface area contributed by atoms with Crippen LogP contribution in [0.25, 0.3) is 0 Å². The van der Waals surface area contributed by atoms with Gasteiger partial charge in [-0.15, -0.1) is 0 Å². The van der Waals surface area contributed by atoms with Gasteiger partial charge in [-0.2, -0.15) is 0 Å². The van der Waals surface area contributed by atoms with Gasteiger partial charge in [0, 0.05) is 31.9 Å². The van der Waals surface area contributed by atoms with Crippen molar-refractivity contribution in [1.29, 1.82) is 0 Å². The fourth-order valence-corrected chi connectivity index (χ4v) is 1.04. The third kappa shape index (κ3) is 3.30. The summed E-state index contributed by atoms with van der Waals surface area (Å²) in [5, 5.41) is 0. The summed E-state index contributed by atoms with van der Waals surface area (Å²) in [5.41, 5.74) is 1.03. The Labute approximate surface area is 84.7 Å². The molecule has 13 heavy (non-hydrogen) atoms. The second kappa shape index (κ2) is 5.91. The number of halogens is 1. The average Bonchev–Trinajstić information content (AvgIpc) is 2.10. The van der Waals surface area contributed by atoms with Gasteiger partial charge in [-0.3, -0.25) is 0 Å². The maximum atomic E-state index is 5.09. The van der Waals surface area contributed by atoms with Crippen LogP contribution in [0.5, 0.6) is 0 Å². The summed E-state index contributed by atoms with van der Waals surface area (Å²) in [6, 6.07) is 3.94. The third-order valence-electron chi connectivity index (χ3n) is 1.70. The summed E-state index contributed by atoms with van der Waals surface area (Å²) >= 11 is 0. The Morgan fingerprint density at radius 3 is 2.00 bits per heavy atom. The van der Waals surface area contributed by atoms with Crippen molar-refractivity contribution in [2.45, 2.75) is 6.29 Å². The van der Waals surface area contributed by atoms with Gasteiger partial charge in [0.05, 0.1) is 0 Å². The molecular weight excluding hydrogens is 190 g/mol. The quantitative estimate of drug-likeness (QED) is 0.411. The summed E-state index contributed by atoms with van der Waals surface area (Å²) in [4.78, 5) is 0. The topological polar surface area (TPSA) is 22.3 Å². The van der Waals surface area contributed by atoms with E-state index in [4.69, 9.17) is 9.47 Å². The lowest BCUT2D eigenvalue weighted by Crippen LogP contribution is -3.00. The zero-order valence-electron chi connectivity index (χ0n) is 8.03. The van der Waals surface area contributed by atoms with Crippen LogP contribution in [0, 0.1) is 0 Å². The van der Waals surface area contributed by atoms with Crippen molar-refractivity contribution in [2.24, 2.45) is 7.05 Å². The van der Waals surface area contributed by atoms with Crippen molar-refractivity contribution < 1.29 is 26.4 Å². The number of ether oxygens (including phenoxy) is 2. The van der Waals surface area contributed by atoms with E-state index < -0.39 is 0 Å². The Morgan fingerprint density at radius 2 is 1.62 bits per heavy atom. The molecule has 0 aliphatic carbocycles. The van der Waals surface area contributed by atoms with Crippen molar-refractivity contribution in [2.75, 3.05) is 14.2 Å². The molecular formula is C9H14ClNO2. The Bertz CT molecular complexity index is 234. The van der Waals surface area contributed by atoms with Crippen molar-refractivity contribution in [3.05, 3.63) is 30.1 Å². The van der Waals surface area contributed by atoms with Crippen LogP contribution in [-0.4, -0.2) is 14.2 Å². The van der Waals surface area contributed by atoms with Gasteiger partial charge >= 0.3 is 0 Å². The number of rotatable bonds is 3. The summed E-state index contributed by atoms with van der Waals surface area (Å²) in [7, 11) is 5.22. The fourth-order valence-electron chi connectivity index (χ4n) is 1.04. The molecule has 4 heteroatoms. The minimum Gasteiger partial charge on any atom is -1.00 e. The van der Waals surface area contributed by atoms with Crippen molar-refractivity contribution >= 4 is 0 Å². The predicted molar refractivity (Wildman–Crippen MR) is 44.4 cm³/mol. The SMILES string of the molecule is COC(OC)c1cc[n+](C)cc1.[Cl-]. The Morgan fingerprint density at radius 1 is 1.15 bits per heavy atom. The Hall–Kier alpha value is -0.640. The molecule has 0 radical (unpaired) electrons. The summed E-state index contributed by atoms with van der Waals surface area (Å²) < 4.78 is 12.2. The van der Waals surface area contributed by atoms with Crippen LogP contribution in [0.3, 0.4) is 0 Å². The predicted octanol–water partition coefficient (Wildman–Crippen LogP) is -2.19. The first-order valence-corrected chi connectivity index (χ1v) is 3.78. The number of hydrogen-bond donors (Lipinski definition) is 0. The van der Waals surface area contributed by atoms with E-state index in [0.717, 1.165) is 5.56 Å². The van der Waals surface area contributed by atoms with Crippen LogP contribution in [0.1, 0.15) is 11.9 Å². The van der Waals surface area contributed by atoms with E-state index in [9.17, 15) is 0 Å². The van der Waals surface area contributed by atoms with E-state index >= 15 is 0 Å². The van der Waals surface area contributed by atoms with Gasteiger partial charge in [-0.25, -0.2) is 4.57 Å². The lowest BCUT2D eigenvalue weighted by molar-refractivity contribution is -0.671. The second-order valence-corrected chi connectivity index (χ2v) is 2.60. The molecule has 1 aromatic heterocycles. The van der Waals surface area contributed by atoms with Gasteiger partial charge in [0.25, 0.3) is 0 Å². The lowest BCUT2D eigenvalue weighted by Gasteiger charge is -2.11. The minimum absolute atomic E-state index is 0. The smallest absolute Gasteiger partial charge is 0.183 e. The molecule has 3 nitrogen and oxygen atoms in total. The fraction of sp³-hybridized carbons (Fsp3) is 0.444. The van der Waals surface area contributed by atoms with E-state index in [-0.39, 0.29) is 18.7 Å². The second-order valence-electron chi connectivity index (χ2n) is 2.60. The molecule has 0 atom stereocenters. The number of hydrogen-bond acceptors (Lipinski definition) is 2. The van der Waals surface area contributed by atoms with E-state index in [1.807, 2.05) is 36.1 Å². The molecule has 0 N–H and O–H groups in total. The van der Waals surface area contributed by atoms with Crippen LogP contribution >= 0.6 is 0 Å². The van der Waals surface area contributed by atoms with Gasteiger partial charge in [0.15, 0.2) is 18.7 Å². The van der Waals surface area contributed by atoms with Crippen LogP contribution in [-0.2, 0) is 16.5 Å². The largest absolute Gasteiger partial charge is 1.00 e. The number of methoxy groups -OCH3 is 2. The molecule has 0 unspecified atom stereocenters. The lowest BCUT2D eigenvalue weighted by atomic mass is 10.2. The Balaban J connectivity index is 0.00000144. The number of aromatic nitrogens is 1. The van der Waals surface area contributed by atoms with Crippen LogP contribution in [0.15, 0.2) is 24.5 Å². The summed E-state index contributed by atoms with van der Waals surface area (Å²) in [5.74, 6) is 0. The van der Waals surface area contributed by atoms with Crippen LogP contribution in [0.2, 0.25) is 0 Å². The first-order chi connectivity index (χ1) is 5.77. The standard InChI is InChI=1S/C9H14NO2.ClH/c1-10-6-4-8(5-7-10)9(11-2)12-3;/h4-7,9H,1-3H3;1H/q+1;/p-1. The van der Waals surface area contributed by atoms with Crippen molar-refractivity contribution in [3.63, 3.8) is 0 Å². The number of aryl methyl sites for hydroxylation is 1. The van der Waals surface area contributed by atoms with E-state index in [2.05, 4.69) is 0 Å². The van der Waals surface area contributed by atoms with Gasteiger partial charge in [0.2, 0.25) is 0 Å². The molecule has 1 aromatic rings. The van der Waals surface area contributed by atoms with Crippen molar-refractivity contribution in [3.8, 4) is 0 Å². The average molecular weight is 204 g/mol. The molecule has 0 saturated heterocycles. The van der Waals surface area contributed by atoms with E-state index in [1.54, 1.807) is 14.2 Å². The third-order valence-corrected chi connectivity index (χ3v) is 1.70. The van der Waals surface area contributed by atoms with Gasteiger partial charge in [-0.05, 0) is 0 Å². The molecule has 0 spiro atoms. The monoisotopic (exact) mass is 203 g/mol. The molecule has 0 aromatic carbocycles. The highest BCUT2D eigenvalue weighted by atomic mass is 35.5. The maximum absolute atomic E-state index is 5.09. The van der Waals surface area contributed by atoms with E-state index in [0.29, 0.717) is 0 Å². The number of pyridine rings is 1. The minimum atomic E-state index is -0.258. The van der Waals surface area contributed by atoms with Crippen LogP contribution < -0.4 is 17.0 Å². The van der Waals surface area contributed by atoms with Crippen LogP contribution in [0.4, 0.5) is 0 Å². The maximum Gasteiger partial charge on any atom is 0.183 e. The molecule has 0 bridgehead atoms. The molecule has 0 fully saturated rings. The van der Waals surface area contributed by atoms with Gasteiger partial charge < -0.3 is 21.9 Å². The highest BCUT2D eigenvalue weighted by molar-refractivity contribution is 5.08. The first-order valence-electron chi connectivity index (χ1n) is 3.78. The van der Waals surface area contributed by atoms with Gasteiger partial charge in [-0.1, -0.05) is 0 Å². The highest BCUT2D eigenvalue weighted by Crippen LogP contribution is 2.14. The Kier molecular flexibility index (Phi) is 5.62. The molecule has 0 aliphatic rings. The molecule has 0 saturated carbocycles. The summed E-state index contributed by atoms with van der Waals surface area (Å²) in [6.45, 7) is 0. The number of nitrogens with zero attached hydrogens (tertiary/aromatic N) is 1. The molecule has 1 rings (SSSR count). The molecule has 1 heterocycles. The highest BCUT2D eigenvalue weighted by Gasteiger charge is 2.08. The molecule has 0 amide bonds. The molecule has 74 valence electrons.